The summed E-state index contributed by atoms with van der Waals surface area (Å²) in [4.78, 5) is 27.3. The molecule has 1 heterocycles. The smallest absolute Gasteiger partial charge is 0.254 e. The van der Waals surface area contributed by atoms with Crippen molar-refractivity contribution in [3.05, 3.63) is 42.0 Å². The monoisotopic (exact) mass is 323 g/mol. The molecule has 1 saturated carbocycles. The summed E-state index contributed by atoms with van der Waals surface area (Å²) in [5, 5.41) is 5.32. The lowest BCUT2D eigenvalue weighted by Gasteiger charge is -2.37. The second-order valence-electron chi connectivity index (χ2n) is 7.06. The molecule has 0 unspecified atom stereocenters. The minimum atomic E-state index is -0.200. The van der Waals surface area contributed by atoms with Crippen LogP contribution in [0.15, 0.2) is 41.5 Å². The molecule has 124 valence electrons. The second kappa shape index (κ2) is 5.58. The highest BCUT2D eigenvalue weighted by atomic mass is 16.2. The van der Waals surface area contributed by atoms with E-state index in [0.717, 1.165) is 29.1 Å². The highest BCUT2D eigenvalue weighted by Gasteiger charge is 2.56. The van der Waals surface area contributed by atoms with E-state index >= 15 is 0 Å². The summed E-state index contributed by atoms with van der Waals surface area (Å²) in [6.07, 6.45) is 7.85. The average Bonchev–Trinajstić information content (AvgIpc) is 2.87. The van der Waals surface area contributed by atoms with Gasteiger partial charge in [0.1, 0.15) is 0 Å². The van der Waals surface area contributed by atoms with Crippen molar-refractivity contribution < 1.29 is 9.59 Å². The Labute approximate surface area is 141 Å². The summed E-state index contributed by atoms with van der Waals surface area (Å²) in [7, 11) is 3.96. The summed E-state index contributed by atoms with van der Waals surface area (Å²) in [6.45, 7) is 0. The number of allylic oxidation sites excluding steroid dienone is 2. The van der Waals surface area contributed by atoms with Gasteiger partial charge in [-0.25, -0.2) is 0 Å². The zero-order chi connectivity index (χ0) is 16.8. The van der Waals surface area contributed by atoms with E-state index in [1.807, 2.05) is 43.3 Å². The van der Waals surface area contributed by atoms with Gasteiger partial charge in [-0.3, -0.25) is 9.59 Å². The zero-order valence-corrected chi connectivity index (χ0v) is 13.9. The Morgan fingerprint density at radius 2 is 1.54 bits per heavy atom. The van der Waals surface area contributed by atoms with Gasteiger partial charge in [-0.05, 0) is 42.4 Å². The Morgan fingerprint density at radius 3 is 2.00 bits per heavy atom. The third-order valence-corrected chi connectivity index (χ3v) is 5.47. The molecule has 5 rings (SSSR count). The molecule has 1 aromatic carbocycles. The topological polar surface area (TPSA) is 53.0 Å². The summed E-state index contributed by atoms with van der Waals surface area (Å²) in [5.41, 5.74) is 1.96. The molecule has 1 aliphatic heterocycles. The molecule has 0 aromatic heterocycles. The molecule has 2 bridgehead atoms. The van der Waals surface area contributed by atoms with Gasteiger partial charge in [0.2, 0.25) is 0 Å². The van der Waals surface area contributed by atoms with E-state index in [2.05, 4.69) is 17.3 Å². The molecule has 4 atom stereocenters. The number of rotatable bonds is 3. The van der Waals surface area contributed by atoms with Crippen molar-refractivity contribution in [1.82, 2.24) is 5.01 Å². The number of imide groups is 1. The number of benzene rings is 1. The first kappa shape index (κ1) is 15.1. The summed E-state index contributed by atoms with van der Waals surface area (Å²) >= 11 is 0. The first-order valence-electron chi connectivity index (χ1n) is 8.44. The van der Waals surface area contributed by atoms with Crippen LogP contribution >= 0.6 is 0 Å². The van der Waals surface area contributed by atoms with Gasteiger partial charge < -0.3 is 4.90 Å². The molecule has 0 spiro atoms. The van der Waals surface area contributed by atoms with Crippen molar-refractivity contribution >= 4 is 23.7 Å². The fourth-order valence-electron chi connectivity index (χ4n) is 4.16. The van der Waals surface area contributed by atoms with Crippen LogP contribution in [0.5, 0.6) is 0 Å². The fourth-order valence-corrected chi connectivity index (χ4v) is 4.16. The Bertz CT molecular complexity index is 703. The largest absolute Gasteiger partial charge is 0.378 e. The van der Waals surface area contributed by atoms with Gasteiger partial charge in [-0.15, -0.1) is 0 Å². The Morgan fingerprint density at radius 1 is 1.00 bits per heavy atom. The van der Waals surface area contributed by atoms with Crippen LogP contribution < -0.4 is 4.90 Å². The van der Waals surface area contributed by atoms with E-state index < -0.39 is 0 Å². The zero-order valence-electron chi connectivity index (χ0n) is 13.9. The highest BCUT2D eigenvalue weighted by Crippen LogP contribution is 2.49. The molecule has 0 radical (unpaired) electrons. The third-order valence-electron chi connectivity index (χ3n) is 5.47. The number of hydrogen-bond acceptors (Lipinski definition) is 4. The van der Waals surface area contributed by atoms with Gasteiger partial charge in [-0.1, -0.05) is 24.3 Å². The number of carbonyl (C=O) groups is 2. The number of carbonyl (C=O) groups excluding carboxylic acids is 2. The fraction of sp³-hybridized carbons (Fsp3) is 0.421. The maximum absolute atomic E-state index is 12.7. The van der Waals surface area contributed by atoms with Crippen LogP contribution in [-0.2, 0) is 9.59 Å². The molecule has 2 fully saturated rings. The van der Waals surface area contributed by atoms with Crippen molar-refractivity contribution in [3.8, 4) is 0 Å². The number of amides is 2. The molecule has 24 heavy (non-hydrogen) atoms. The summed E-state index contributed by atoms with van der Waals surface area (Å²) in [6, 6.07) is 7.84. The Hall–Kier alpha value is -2.43. The van der Waals surface area contributed by atoms with Crippen molar-refractivity contribution in [1.29, 1.82) is 0 Å². The standard InChI is InChI=1S/C19H21N3O2/c1-21(2)15-9-3-12(4-10-15)11-20-22-18(23)16-13-5-6-14(8-7-13)17(16)19(22)24/h3-6,9-11,13-14,16-17H,7-8H2,1-2H3/b20-11-/t13-,14-,16+,17+/m0/s1. The summed E-state index contributed by atoms with van der Waals surface area (Å²) < 4.78 is 0. The molecule has 0 N–H and O–H groups in total. The molecule has 3 aliphatic carbocycles. The lowest BCUT2D eigenvalue weighted by Crippen LogP contribution is -2.38. The van der Waals surface area contributed by atoms with E-state index in [1.54, 1.807) is 6.21 Å². The van der Waals surface area contributed by atoms with Crippen LogP contribution in [0, 0.1) is 23.7 Å². The first-order valence-corrected chi connectivity index (χ1v) is 8.44. The van der Waals surface area contributed by atoms with Gasteiger partial charge >= 0.3 is 0 Å². The lowest BCUT2D eigenvalue weighted by atomic mass is 9.63. The number of hydrogen-bond donors (Lipinski definition) is 0. The lowest BCUT2D eigenvalue weighted by molar-refractivity contribution is -0.140. The van der Waals surface area contributed by atoms with Crippen LogP contribution in [-0.4, -0.2) is 37.1 Å². The maximum atomic E-state index is 12.7. The Balaban J connectivity index is 1.55. The van der Waals surface area contributed by atoms with Crippen molar-refractivity contribution in [2.75, 3.05) is 19.0 Å². The van der Waals surface area contributed by atoms with E-state index in [-0.39, 0.29) is 35.5 Å². The molecular weight excluding hydrogens is 302 g/mol. The van der Waals surface area contributed by atoms with Crippen molar-refractivity contribution in [2.24, 2.45) is 28.8 Å². The quantitative estimate of drug-likeness (QED) is 0.487. The third kappa shape index (κ3) is 2.27. The van der Waals surface area contributed by atoms with Gasteiger partial charge in [0, 0.05) is 19.8 Å². The van der Waals surface area contributed by atoms with Crippen LogP contribution in [0.25, 0.3) is 0 Å². The average molecular weight is 323 g/mol. The predicted molar refractivity (Wildman–Crippen MR) is 92.6 cm³/mol. The predicted octanol–water partition coefficient (Wildman–Crippen LogP) is 2.28. The highest BCUT2D eigenvalue weighted by molar-refractivity contribution is 6.06. The van der Waals surface area contributed by atoms with Gasteiger partial charge in [0.25, 0.3) is 11.8 Å². The molecule has 1 aromatic rings. The van der Waals surface area contributed by atoms with E-state index in [4.69, 9.17) is 0 Å². The number of fused-ring (bicyclic) bond motifs is 1. The van der Waals surface area contributed by atoms with Crippen LogP contribution in [0.1, 0.15) is 18.4 Å². The number of nitrogens with zero attached hydrogens (tertiary/aromatic N) is 3. The maximum Gasteiger partial charge on any atom is 0.254 e. The molecule has 4 aliphatic rings. The molecule has 5 nitrogen and oxygen atoms in total. The second-order valence-corrected chi connectivity index (χ2v) is 7.06. The molecule has 5 heteroatoms. The molecule has 1 saturated heterocycles. The Kier molecular flexibility index (Phi) is 3.52. The minimum Gasteiger partial charge on any atom is -0.378 e. The van der Waals surface area contributed by atoms with E-state index in [1.165, 1.54) is 0 Å². The van der Waals surface area contributed by atoms with Gasteiger partial charge in [0.15, 0.2) is 0 Å². The molecular formula is C19H21N3O2. The van der Waals surface area contributed by atoms with Gasteiger partial charge in [-0.2, -0.15) is 10.1 Å². The van der Waals surface area contributed by atoms with Crippen LogP contribution in [0.3, 0.4) is 0 Å². The SMILES string of the molecule is CN(C)c1ccc(/C=N\N2C(=O)[C@H]3[C@H](C2=O)[C@H]2C=C[C@H]3CC2)cc1. The van der Waals surface area contributed by atoms with Gasteiger partial charge in [0.05, 0.1) is 18.1 Å². The van der Waals surface area contributed by atoms with Crippen molar-refractivity contribution in [3.63, 3.8) is 0 Å². The van der Waals surface area contributed by atoms with E-state index in [0.29, 0.717) is 0 Å². The number of anilines is 1. The minimum absolute atomic E-state index is 0.134. The number of hydrazone groups is 1. The van der Waals surface area contributed by atoms with Crippen LogP contribution in [0.2, 0.25) is 0 Å². The van der Waals surface area contributed by atoms with Crippen molar-refractivity contribution in [2.45, 2.75) is 12.8 Å². The normalized spacial score (nSPS) is 31.2. The van der Waals surface area contributed by atoms with E-state index in [9.17, 15) is 9.59 Å². The van der Waals surface area contributed by atoms with Crippen LogP contribution in [0.4, 0.5) is 5.69 Å². The summed E-state index contributed by atoms with van der Waals surface area (Å²) in [5.74, 6) is -0.258. The molecule has 2 amide bonds. The first-order chi connectivity index (χ1) is 11.6.